The molecular formula is C27H45N3O4. The van der Waals surface area contributed by atoms with E-state index in [1.165, 1.54) is 0 Å². The summed E-state index contributed by atoms with van der Waals surface area (Å²) in [5.74, 6) is -0.710. The average Bonchev–Trinajstić information content (AvgIpc) is 2.72. The van der Waals surface area contributed by atoms with Gasteiger partial charge >= 0.3 is 6.09 Å². The molecule has 1 rings (SSSR count). The first-order chi connectivity index (χ1) is 15.9. The zero-order valence-electron chi connectivity index (χ0n) is 22.3. The smallest absolute Gasteiger partial charge is 0.408 e. The number of hydrogen-bond donors (Lipinski definition) is 2. The van der Waals surface area contributed by atoms with Crippen molar-refractivity contribution in [1.82, 2.24) is 15.5 Å². The lowest BCUT2D eigenvalue weighted by Crippen LogP contribution is -2.55. The van der Waals surface area contributed by atoms with Gasteiger partial charge in [0, 0.05) is 12.6 Å². The van der Waals surface area contributed by atoms with Crippen LogP contribution in [0.25, 0.3) is 0 Å². The Morgan fingerprint density at radius 3 is 2.06 bits per heavy atom. The molecule has 34 heavy (non-hydrogen) atoms. The molecule has 2 unspecified atom stereocenters. The number of hydrogen-bond acceptors (Lipinski definition) is 4. The molecule has 0 saturated heterocycles. The first-order valence-corrected chi connectivity index (χ1v) is 12.5. The molecule has 7 heteroatoms. The number of carbonyl (C=O) groups is 3. The Balaban J connectivity index is 3.36. The van der Waals surface area contributed by atoms with Crippen molar-refractivity contribution in [2.45, 2.75) is 105 Å². The standard InChI is InChI=1S/C27H45N3O4/c1-9-10-11-15-18-30(23(24(31)28-20(4)5)21-16-13-12-14-17-21)25(32)22(19(2)3)29-26(33)34-27(6,7)8/h12-14,16-17,19-20,22-23H,9-11,15,18H2,1-8H3,(H,28,31)(H,29,33). The lowest BCUT2D eigenvalue weighted by Gasteiger charge is -2.36. The number of rotatable bonds is 12. The van der Waals surface area contributed by atoms with Gasteiger partial charge in [-0.3, -0.25) is 9.59 Å². The van der Waals surface area contributed by atoms with Gasteiger partial charge in [-0.25, -0.2) is 4.79 Å². The van der Waals surface area contributed by atoms with E-state index in [2.05, 4.69) is 17.6 Å². The summed E-state index contributed by atoms with van der Waals surface area (Å²) in [6, 6.07) is 7.66. The maximum absolute atomic E-state index is 13.9. The zero-order valence-corrected chi connectivity index (χ0v) is 22.3. The van der Waals surface area contributed by atoms with E-state index in [0.29, 0.717) is 6.54 Å². The van der Waals surface area contributed by atoms with Gasteiger partial charge in [-0.2, -0.15) is 0 Å². The predicted molar refractivity (Wildman–Crippen MR) is 136 cm³/mol. The van der Waals surface area contributed by atoms with E-state index in [1.54, 1.807) is 25.7 Å². The van der Waals surface area contributed by atoms with Crippen molar-refractivity contribution in [2.24, 2.45) is 5.92 Å². The van der Waals surface area contributed by atoms with Gasteiger partial charge in [-0.1, -0.05) is 70.4 Å². The summed E-state index contributed by atoms with van der Waals surface area (Å²) < 4.78 is 5.41. The Morgan fingerprint density at radius 1 is 0.941 bits per heavy atom. The summed E-state index contributed by atoms with van der Waals surface area (Å²) in [5, 5.41) is 5.73. The van der Waals surface area contributed by atoms with Crippen LogP contribution >= 0.6 is 0 Å². The minimum Gasteiger partial charge on any atom is -0.444 e. The lowest BCUT2D eigenvalue weighted by molar-refractivity contribution is -0.143. The highest BCUT2D eigenvalue weighted by Crippen LogP contribution is 2.25. The number of amides is 3. The molecule has 0 bridgehead atoms. The summed E-state index contributed by atoms with van der Waals surface area (Å²) in [6.07, 6.45) is 3.21. The van der Waals surface area contributed by atoms with E-state index in [-0.39, 0.29) is 23.8 Å². The molecule has 0 aliphatic rings. The van der Waals surface area contributed by atoms with E-state index >= 15 is 0 Å². The molecule has 0 aliphatic carbocycles. The van der Waals surface area contributed by atoms with E-state index in [9.17, 15) is 14.4 Å². The molecule has 0 saturated carbocycles. The third-order valence-electron chi connectivity index (χ3n) is 5.25. The average molecular weight is 476 g/mol. The number of benzene rings is 1. The molecule has 0 fully saturated rings. The van der Waals surface area contributed by atoms with Gasteiger partial charge in [0.2, 0.25) is 11.8 Å². The second-order valence-electron chi connectivity index (χ2n) is 10.4. The highest BCUT2D eigenvalue weighted by Gasteiger charge is 2.37. The fourth-order valence-electron chi connectivity index (χ4n) is 3.67. The molecule has 0 heterocycles. The van der Waals surface area contributed by atoms with Gasteiger partial charge < -0.3 is 20.3 Å². The number of nitrogens with zero attached hydrogens (tertiary/aromatic N) is 1. The Morgan fingerprint density at radius 2 is 1.56 bits per heavy atom. The van der Waals surface area contributed by atoms with E-state index < -0.39 is 23.8 Å². The molecule has 1 aromatic rings. The zero-order chi connectivity index (χ0) is 25.9. The van der Waals surface area contributed by atoms with Crippen molar-refractivity contribution in [1.29, 1.82) is 0 Å². The Kier molecular flexibility index (Phi) is 12.1. The summed E-state index contributed by atoms with van der Waals surface area (Å²) >= 11 is 0. The molecular weight excluding hydrogens is 430 g/mol. The molecule has 0 aromatic heterocycles. The topological polar surface area (TPSA) is 87.7 Å². The van der Waals surface area contributed by atoms with Crippen molar-refractivity contribution in [2.75, 3.05) is 6.54 Å². The third-order valence-corrected chi connectivity index (χ3v) is 5.25. The fourth-order valence-corrected chi connectivity index (χ4v) is 3.67. The van der Waals surface area contributed by atoms with E-state index in [0.717, 1.165) is 31.2 Å². The summed E-state index contributed by atoms with van der Waals surface area (Å²) in [5.41, 5.74) is 0.0577. The number of unbranched alkanes of at least 4 members (excludes halogenated alkanes) is 3. The molecule has 0 radical (unpaired) electrons. The highest BCUT2D eigenvalue weighted by atomic mass is 16.6. The van der Waals surface area contributed by atoms with Crippen LogP contribution in [0.5, 0.6) is 0 Å². The number of carbonyl (C=O) groups excluding carboxylic acids is 3. The van der Waals surface area contributed by atoms with E-state index in [4.69, 9.17) is 4.74 Å². The predicted octanol–water partition coefficient (Wildman–Crippen LogP) is 5.21. The minimum atomic E-state index is -0.820. The van der Waals surface area contributed by atoms with Crippen molar-refractivity contribution in [3.63, 3.8) is 0 Å². The molecule has 1 aromatic carbocycles. The second kappa shape index (κ2) is 14.0. The summed E-state index contributed by atoms with van der Waals surface area (Å²) in [6.45, 7) is 15.4. The Labute approximate surface area is 206 Å². The van der Waals surface area contributed by atoms with Gasteiger partial charge in [0.15, 0.2) is 0 Å². The maximum Gasteiger partial charge on any atom is 0.408 e. The van der Waals surface area contributed by atoms with E-state index in [1.807, 2.05) is 58.0 Å². The molecule has 7 nitrogen and oxygen atoms in total. The molecule has 192 valence electrons. The van der Waals surface area contributed by atoms with Crippen LogP contribution in [0.1, 0.15) is 92.7 Å². The van der Waals surface area contributed by atoms with Crippen LogP contribution in [0.3, 0.4) is 0 Å². The van der Waals surface area contributed by atoms with Crippen LogP contribution < -0.4 is 10.6 Å². The van der Waals surface area contributed by atoms with Gasteiger partial charge in [-0.15, -0.1) is 0 Å². The van der Waals surface area contributed by atoms with Crippen molar-refractivity contribution < 1.29 is 19.1 Å². The van der Waals surface area contributed by atoms with Crippen LogP contribution in [0.15, 0.2) is 30.3 Å². The molecule has 0 aliphatic heterocycles. The van der Waals surface area contributed by atoms with Crippen LogP contribution in [-0.4, -0.2) is 47.0 Å². The van der Waals surface area contributed by atoms with Gasteiger partial charge in [0.25, 0.3) is 0 Å². The van der Waals surface area contributed by atoms with Crippen LogP contribution in [0.2, 0.25) is 0 Å². The lowest BCUT2D eigenvalue weighted by atomic mass is 9.98. The van der Waals surface area contributed by atoms with Gasteiger partial charge in [0.1, 0.15) is 17.7 Å². The quantitative estimate of drug-likeness (QED) is 0.406. The Hall–Kier alpha value is -2.57. The summed E-state index contributed by atoms with van der Waals surface area (Å²) in [4.78, 5) is 41.5. The largest absolute Gasteiger partial charge is 0.444 e. The normalized spacial score (nSPS) is 13.4. The van der Waals surface area contributed by atoms with Crippen molar-refractivity contribution in [3.05, 3.63) is 35.9 Å². The molecule has 0 spiro atoms. The number of nitrogens with one attached hydrogen (secondary N) is 2. The first kappa shape index (κ1) is 29.5. The second-order valence-corrected chi connectivity index (χ2v) is 10.4. The van der Waals surface area contributed by atoms with Crippen LogP contribution in [0.4, 0.5) is 4.79 Å². The van der Waals surface area contributed by atoms with Crippen LogP contribution in [-0.2, 0) is 14.3 Å². The van der Waals surface area contributed by atoms with Crippen molar-refractivity contribution >= 4 is 17.9 Å². The SMILES string of the molecule is CCCCCCN(C(=O)C(NC(=O)OC(C)(C)C)C(C)C)C(C(=O)NC(C)C)c1ccccc1. The van der Waals surface area contributed by atoms with Gasteiger partial charge in [-0.05, 0) is 52.5 Å². The molecule has 2 N–H and O–H groups in total. The summed E-state index contributed by atoms with van der Waals surface area (Å²) in [7, 11) is 0. The third kappa shape index (κ3) is 10.1. The highest BCUT2D eigenvalue weighted by molar-refractivity contribution is 5.92. The number of ether oxygens (including phenoxy) is 1. The fraction of sp³-hybridized carbons (Fsp3) is 0.667. The monoisotopic (exact) mass is 475 g/mol. The molecule has 3 amide bonds. The first-order valence-electron chi connectivity index (χ1n) is 12.5. The van der Waals surface area contributed by atoms with Gasteiger partial charge in [0.05, 0.1) is 0 Å². The minimum absolute atomic E-state index is 0.0726. The maximum atomic E-state index is 13.9. The van der Waals surface area contributed by atoms with Crippen molar-refractivity contribution in [3.8, 4) is 0 Å². The molecule has 2 atom stereocenters. The Bertz CT molecular complexity index is 772. The van der Waals surface area contributed by atoms with Crippen LogP contribution in [0, 0.1) is 5.92 Å². The number of alkyl carbamates (subject to hydrolysis) is 1.